The highest BCUT2D eigenvalue weighted by Crippen LogP contribution is 2.34. The molecule has 2 heteroatoms. The van der Waals surface area contributed by atoms with E-state index in [1.165, 1.54) is 16.5 Å². The third kappa shape index (κ3) is 4.26. The zero-order valence-corrected chi connectivity index (χ0v) is 16.6. The Morgan fingerprint density at radius 1 is 1.04 bits per heavy atom. The van der Waals surface area contributed by atoms with Crippen LogP contribution < -0.4 is 0 Å². The van der Waals surface area contributed by atoms with Gasteiger partial charge in [-0.1, -0.05) is 61.2 Å². The van der Waals surface area contributed by atoms with Crippen LogP contribution >= 0.6 is 0 Å². The summed E-state index contributed by atoms with van der Waals surface area (Å²) >= 11 is 0. The standard InChI is InChI=1S/C25H29NO/c1-4-6-7-11-14-22(20-12-9-8-10-13-20)25(27)24-18-21-17-19(3)15-16-23(21)26(24)5-2/h8-10,12-13,15-18,22,25,27H,4-7H2,1-3H3. The molecule has 0 aliphatic rings. The molecule has 2 unspecified atom stereocenters. The van der Waals surface area contributed by atoms with Gasteiger partial charge < -0.3 is 9.67 Å². The number of aliphatic hydroxyl groups is 1. The van der Waals surface area contributed by atoms with Crippen molar-refractivity contribution < 1.29 is 5.11 Å². The quantitative estimate of drug-likeness (QED) is 0.425. The summed E-state index contributed by atoms with van der Waals surface area (Å²) in [5, 5.41) is 12.5. The van der Waals surface area contributed by atoms with Crippen molar-refractivity contribution in [2.75, 3.05) is 0 Å². The second-order valence-corrected chi connectivity index (χ2v) is 7.13. The lowest BCUT2D eigenvalue weighted by Crippen LogP contribution is -2.14. The van der Waals surface area contributed by atoms with Gasteiger partial charge in [0.2, 0.25) is 0 Å². The molecule has 1 N–H and O–H groups in total. The fraction of sp³-hybridized carbons (Fsp3) is 0.360. The van der Waals surface area contributed by atoms with E-state index in [1.54, 1.807) is 0 Å². The molecule has 1 heterocycles. The van der Waals surface area contributed by atoms with Gasteiger partial charge in [0.1, 0.15) is 6.10 Å². The van der Waals surface area contributed by atoms with E-state index in [9.17, 15) is 5.11 Å². The Balaban J connectivity index is 2.04. The molecular formula is C25H29NO. The molecule has 3 aromatic rings. The molecule has 0 spiro atoms. The zero-order valence-electron chi connectivity index (χ0n) is 16.6. The average molecular weight is 360 g/mol. The number of nitrogens with zero attached hydrogens (tertiary/aromatic N) is 1. The molecule has 0 aliphatic heterocycles. The highest BCUT2D eigenvalue weighted by atomic mass is 16.3. The van der Waals surface area contributed by atoms with Gasteiger partial charge in [-0.2, -0.15) is 0 Å². The second kappa shape index (κ2) is 8.93. The fourth-order valence-corrected chi connectivity index (χ4v) is 3.63. The number of benzene rings is 2. The molecule has 0 radical (unpaired) electrons. The molecule has 0 saturated heterocycles. The number of aliphatic hydroxyl groups excluding tert-OH is 1. The summed E-state index contributed by atoms with van der Waals surface area (Å²) in [5.41, 5.74) is 4.41. The van der Waals surface area contributed by atoms with Crippen molar-refractivity contribution in [3.8, 4) is 11.8 Å². The van der Waals surface area contributed by atoms with Gasteiger partial charge in [-0.05, 0) is 44.0 Å². The van der Waals surface area contributed by atoms with E-state index in [1.807, 2.05) is 18.2 Å². The lowest BCUT2D eigenvalue weighted by molar-refractivity contribution is 0.156. The van der Waals surface area contributed by atoms with Gasteiger partial charge in [-0.25, -0.2) is 0 Å². The maximum Gasteiger partial charge on any atom is 0.112 e. The topological polar surface area (TPSA) is 25.2 Å². The van der Waals surface area contributed by atoms with Crippen LogP contribution in [0.15, 0.2) is 54.6 Å². The first-order valence-corrected chi connectivity index (χ1v) is 9.96. The Hall–Kier alpha value is -2.50. The van der Waals surface area contributed by atoms with Crippen molar-refractivity contribution in [1.82, 2.24) is 4.57 Å². The Bertz CT molecular complexity index is 943. The van der Waals surface area contributed by atoms with E-state index in [-0.39, 0.29) is 5.92 Å². The number of aromatic nitrogens is 1. The third-order valence-corrected chi connectivity index (χ3v) is 5.10. The minimum absolute atomic E-state index is 0.223. The van der Waals surface area contributed by atoms with Crippen LogP contribution in [0.5, 0.6) is 0 Å². The second-order valence-electron chi connectivity index (χ2n) is 7.13. The van der Waals surface area contributed by atoms with E-state index in [0.29, 0.717) is 0 Å². The van der Waals surface area contributed by atoms with E-state index >= 15 is 0 Å². The number of unbranched alkanes of at least 4 members (excludes halogenated alkanes) is 2. The maximum atomic E-state index is 11.3. The first kappa shape index (κ1) is 19.3. The van der Waals surface area contributed by atoms with Crippen LogP contribution in [0.25, 0.3) is 10.9 Å². The minimum atomic E-state index is -0.658. The Morgan fingerprint density at radius 3 is 2.52 bits per heavy atom. The molecule has 0 aliphatic carbocycles. The molecule has 27 heavy (non-hydrogen) atoms. The highest BCUT2D eigenvalue weighted by molar-refractivity contribution is 5.82. The Morgan fingerprint density at radius 2 is 1.81 bits per heavy atom. The first-order valence-electron chi connectivity index (χ1n) is 9.96. The van der Waals surface area contributed by atoms with Crippen LogP contribution in [0.3, 0.4) is 0 Å². The molecule has 0 amide bonds. The molecule has 0 fully saturated rings. The molecule has 2 atom stereocenters. The van der Waals surface area contributed by atoms with Crippen molar-refractivity contribution in [1.29, 1.82) is 0 Å². The van der Waals surface area contributed by atoms with Gasteiger partial charge in [-0.3, -0.25) is 0 Å². The van der Waals surface area contributed by atoms with Gasteiger partial charge in [0.15, 0.2) is 0 Å². The van der Waals surface area contributed by atoms with E-state index < -0.39 is 6.10 Å². The molecule has 140 valence electrons. The van der Waals surface area contributed by atoms with Gasteiger partial charge in [0.25, 0.3) is 0 Å². The number of rotatable bonds is 6. The molecule has 2 aromatic carbocycles. The van der Waals surface area contributed by atoms with E-state index in [2.05, 4.69) is 73.6 Å². The minimum Gasteiger partial charge on any atom is -0.385 e. The summed E-state index contributed by atoms with van der Waals surface area (Å²) in [4.78, 5) is 0. The van der Waals surface area contributed by atoms with Crippen LogP contribution in [0.1, 0.15) is 62.0 Å². The van der Waals surface area contributed by atoms with Crippen molar-refractivity contribution in [2.45, 2.75) is 58.6 Å². The van der Waals surface area contributed by atoms with Crippen LogP contribution in [0.2, 0.25) is 0 Å². The SMILES string of the molecule is CCCCC#CC(c1ccccc1)C(O)c1cc2cc(C)ccc2n1CC. The fourth-order valence-electron chi connectivity index (χ4n) is 3.63. The van der Waals surface area contributed by atoms with E-state index in [4.69, 9.17) is 0 Å². The largest absolute Gasteiger partial charge is 0.385 e. The van der Waals surface area contributed by atoms with Crippen molar-refractivity contribution in [3.05, 3.63) is 71.4 Å². The zero-order chi connectivity index (χ0) is 19.2. The normalized spacial score (nSPS) is 13.2. The van der Waals surface area contributed by atoms with Crippen molar-refractivity contribution in [3.63, 3.8) is 0 Å². The third-order valence-electron chi connectivity index (χ3n) is 5.10. The predicted octanol–water partition coefficient (Wildman–Crippen LogP) is 5.98. The summed E-state index contributed by atoms with van der Waals surface area (Å²) in [5.74, 6) is 6.44. The summed E-state index contributed by atoms with van der Waals surface area (Å²) in [6.45, 7) is 7.22. The highest BCUT2D eigenvalue weighted by Gasteiger charge is 2.24. The van der Waals surface area contributed by atoms with Crippen LogP contribution in [-0.4, -0.2) is 9.67 Å². The smallest absolute Gasteiger partial charge is 0.112 e. The summed E-state index contributed by atoms with van der Waals surface area (Å²) in [7, 11) is 0. The van der Waals surface area contributed by atoms with Gasteiger partial charge in [0.05, 0.1) is 5.92 Å². The lowest BCUT2D eigenvalue weighted by atomic mass is 9.91. The van der Waals surface area contributed by atoms with Gasteiger partial charge in [0, 0.05) is 29.6 Å². The molecular weight excluding hydrogens is 330 g/mol. The number of aryl methyl sites for hydroxylation is 2. The maximum absolute atomic E-state index is 11.3. The first-order chi connectivity index (χ1) is 13.2. The monoisotopic (exact) mass is 359 g/mol. The molecule has 0 bridgehead atoms. The number of fused-ring (bicyclic) bond motifs is 1. The lowest BCUT2D eigenvalue weighted by Gasteiger charge is -2.21. The summed E-state index contributed by atoms with van der Waals surface area (Å²) in [6.07, 6.45) is 2.45. The van der Waals surface area contributed by atoms with Crippen molar-refractivity contribution >= 4 is 10.9 Å². The van der Waals surface area contributed by atoms with Gasteiger partial charge in [-0.15, -0.1) is 5.92 Å². The number of hydrogen-bond donors (Lipinski definition) is 1. The molecule has 0 saturated carbocycles. The predicted molar refractivity (Wildman–Crippen MR) is 114 cm³/mol. The van der Waals surface area contributed by atoms with E-state index in [0.717, 1.165) is 37.1 Å². The number of hydrogen-bond acceptors (Lipinski definition) is 1. The molecule has 3 rings (SSSR count). The average Bonchev–Trinajstić information content (AvgIpc) is 3.06. The van der Waals surface area contributed by atoms with Crippen LogP contribution in [-0.2, 0) is 6.54 Å². The van der Waals surface area contributed by atoms with Crippen LogP contribution in [0.4, 0.5) is 0 Å². The van der Waals surface area contributed by atoms with Crippen LogP contribution in [0, 0.1) is 18.8 Å². The molecule has 1 aromatic heterocycles. The summed E-state index contributed by atoms with van der Waals surface area (Å²) < 4.78 is 2.21. The Labute approximate surface area is 162 Å². The summed E-state index contributed by atoms with van der Waals surface area (Å²) in [6, 6.07) is 18.7. The van der Waals surface area contributed by atoms with Gasteiger partial charge >= 0.3 is 0 Å². The Kier molecular flexibility index (Phi) is 6.37. The van der Waals surface area contributed by atoms with Crippen molar-refractivity contribution in [2.24, 2.45) is 0 Å². The molecule has 2 nitrogen and oxygen atoms in total.